The highest BCUT2D eigenvalue weighted by Crippen LogP contribution is 1.82. The molecule has 7 heavy (non-hydrogen) atoms. The van der Waals surface area contributed by atoms with Crippen LogP contribution in [-0.2, 0) is 4.79 Å². The lowest BCUT2D eigenvalue weighted by atomic mass is 10.4. The Morgan fingerprint density at radius 2 is 2.57 bits per heavy atom. The molecule has 1 amide bonds. The first-order chi connectivity index (χ1) is 3.39. The Morgan fingerprint density at radius 3 is 2.86 bits per heavy atom. The van der Waals surface area contributed by atoms with Gasteiger partial charge in [-0.3, -0.25) is 4.79 Å². The fraction of sp³-hybridized carbons (Fsp3) is 0. The SMILES string of the molecule is O=C1C=[C]C=C[N]1. The van der Waals surface area contributed by atoms with E-state index in [1.165, 1.54) is 12.3 Å². The molecule has 0 unspecified atom stereocenters. The van der Waals surface area contributed by atoms with E-state index < -0.39 is 0 Å². The van der Waals surface area contributed by atoms with Crippen molar-refractivity contribution in [1.82, 2.24) is 5.32 Å². The number of carbonyl (C=O) groups excluding carboxylic acids is 1. The van der Waals surface area contributed by atoms with Gasteiger partial charge in [0.1, 0.15) is 0 Å². The van der Waals surface area contributed by atoms with Crippen LogP contribution < -0.4 is 5.32 Å². The van der Waals surface area contributed by atoms with E-state index in [0.29, 0.717) is 0 Å². The maximum absolute atomic E-state index is 10.1. The number of nitrogens with zero attached hydrogens (tertiary/aromatic N) is 1. The summed E-state index contributed by atoms with van der Waals surface area (Å²) < 4.78 is 0. The van der Waals surface area contributed by atoms with E-state index in [0.717, 1.165) is 0 Å². The first-order valence-corrected chi connectivity index (χ1v) is 1.89. The summed E-state index contributed by atoms with van der Waals surface area (Å²) in [4.78, 5) is 10.1. The van der Waals surface area contributed by atoms with Gasteiger partial charge in [0.15, 0.2) is 0 Å². The molecule has 0 spiro atoms. The molecule has 1 rings (SSSR count). The van der Waals surface area contributed by atoms with Gasteiger partial charge >= 0.3 is 0 Å². The highest BCUT2D eigenvalue weighted by Gasteiger charge is 1.93. The van der Waals surface area contributed by atoms with Crippen molar-refractivity contribution in [3.05, 3.63) is 24.4 Å². The zero-order chi connectivity index (χ0) is 5.11. The van der Waals surface area contributed by atoms with Gasteiger partial charge in [-0.2, -0.15) is 0 Å². The molecule has 0 aromatic heterocycles. The highest BCUT2D eigenvalue weighted by atomic mass is 16.1. The van der Waals surface area contributed by atoms with Gasteiger partial charge < -0.3 is 0 Å². The Labute approximate surface area is 41.5 Å². The zero-order valence-corrected chi connectivity index (χ0v) is 3.59. The normalized spacial score (nSPS) is 16.9. The minimum atomic E-state index is -0.234. The molecule has 0 aliphatic carbocycles. The molecule has 0 aromatic carbocycles. The third-order valence-corrected chi connectivity index (χ3v) is 0.579. The van der Waals surface area contributed by atoms with E-state index >= 15 is 0 Å². The number of rotatable bonds is 0. The Hall–Kier alpha value is -1.05. The summed E-state index contributed by atoms with van der Waals surface area (Å²) in [5, 5.41) is 3.39. The second kappa shape index (κ2) is 1.60. The van der Waals surface area contributed by atoms with Gasteiger partial charge in [0.2, 0.25) is 0 Å². The summed E-state index contributed by atoms with van der Waals surface area (Å²) in [7, 11) is 0. The summed E-state index contributed by atoms with van der Waals surface area (Å²) in [6, 6.07) is 0. The number of amides is 1. The summed E-state index contributed by atoms with van der Waals surface area (Å²) in [6.07, 6.45) is 6.88. The largest absolute Gasteiger partial charge is 0.270 e. The zero-order valence-electron chi connectivity index (χ0n) is 3.59. The lowest BCUT2D eigenvalue weighted by Gasteiger charge is -1.88. The summed E-state index contributed by atoms with van der Waals surface area (Å²) in [6.45, 7) is 0. The van der Waals surface area contributed by atoms with Crippen molar-refractivity contribution in [2.45, 2.75) is 0 Å². The molecule has 2 radical (unpaired) electrons. The molecule has 34 valence electrons. The quantitative estimate of drug-likeness (QED) is 0.415. The third kappa shape index (κ3) is 0.892. The third-order valence-electron chi connectivity index (χ3n) is 0.579. The molecule has 0 fully saturated rings. The maximum Gasteiger partial charge on any atom is 0.270 e. The number of hydrogen-bond donors (Lipinski definition) is 0. The average Bonchev–Trinajstić information content (AvgIpc) is 1.69. The molecule has 0 atom stereocenters. The van der Waals surface area contributed by atoms with Crippen molar-refractivity contribution in [1.29, 1.82) is 0 Å². The van der Waals surface area contributed by atoms with E-state index in [2.05, 4.69) is 11.4 Å². The summed E-state index contributed by atoms with van der Waals surface area (Å²) >= 11 is 0. The van der Waals surface area contributed by atoms with Crippen molar-refractivity contribution >= 4 is 5.91 Å². The second-order valence-corrected chi connectivity index (χ2v) is 1.09. The van der Waals surface area contributed by atoms with Gasteiger partial charge in [0, 0.05) is 12.3 Å². The van der Waals surface area contributed by atoms with Crippen LogP contribution >= 0.6 is 0 Å². The van der Waals surface area contributed by atoms with Crippen molar-refractivity contribution in [2.24, 2.45) is 0 Å². The van der Waals surface area contributed by atoms with Gasteiger partial charge in [-0.1, -0.05) is 0 Å². The first kappa shape index (κ1) is 4.12. The second-order valence-electron chi connectivity index (χ2n) is 1.09. The molecule has 0 saturated carbocycles. The molecule has 1 aliphatic rings. The topological polar surface area (TPSA) is 31.2 Å². The van der Waals surface area contributed by atoms with Crippen LogP contribution in [-0.4, -0.2) is 5.91 Å². The van der Waals surface area contributed by atoms with Crippen LogP contribution in [0.1, 0.15) is 0 Å². The average molecular weight is 93.1 g/mol. The van der Waals surface area contributed by atoms with Gasteiger partial charge in [-0.15, -0.1) is 0 Å². The molecule has 2 nitrogen and oxygen atoms in total. The minimum Gasteiger partial charge on any atom is -0.267 e. The fourth-order valence-corrected chi connectivity index (χ4v) is 0.310. The van der Waals surface area contributed by atoms with Crippen molar-refractivity contribution < 1.29 is 4.79 Å². The Balaban J connectivity index is 2.66. The van der Waals surface area contributed by atoms with E-state index in [1.54, 1.807) is 6.08 Å². The van der Waals surface area contributed by atoms with Crippen LogP contribution in [0, 0.1) is 6.08 Å². The predicted molar refractivity (Wildman–Crippen MR) is 24.1 cm³/mol. The van der Waals surface area contributed by atoms with E-state index in [-0.39, 0.29) is 5.91 Å². The molecular formula is C5H3NO. The van der Waals surface area contributed by atoms with Crippen molar-refractivity contribution in [2.75, 3.05) is 0 Å². The number of allylic oxidation sites excluding steroid dienone is 2. The van der Waals surface area contributed by atoms with Crippen LogP contribution in [0.5, 0.6) is 0 Å². The molecule has 0 bridgehead atoms. The Kier molecular flexibility index (Phi) is 0.941. The summed E-state index contributed by atoms with van der Waals surface area (Å²) in [5.74, 6) is -0.234. The predicted octanol–water partition coefficient (Wildman–Crippen LogP) is 0.00409. The van der Waals surface area contributed by atoms with Crippen LogP contribution in [0.3, 0.4) is 0 Å². The van der Waals surface area contributed by atoms with Gasteiger partial charge in [-0.05, 0) is 12.2 Å². The standard InChI is InChI=1S/C5H3NO/c7-5-3-1-2-4-6-5/h2-4H. The monoisotopic (exact) mass is 93.0 g/mol. The van der Waals surface area contributed by atoms with E-state index in [4.69, 9.17) is 0 Å². The van der Waals surface area contributed by atoms with Crippen LogP contribution in [0.25, 0.3) is 0 Å². The van der Waals surface area contributed by atoms with E-state index in [1.807, 2.05) is 0 Å². The molecule has 2 heteroatoms. The molecule has 0 N–H and O–H groups in total. The van der Waals surface area contributed by atoms with Gasteiger partial charge in [0.05, 0.1) is 0 Å². The Bertz CT molecular complexity index is 135. The van der Waals surface area contributed by atoms with Crippen molar-refractivity contribution in [3.8, 4) is 0 Å². The molecule has 0 saturated heterocycles. The summed E-state index contributed by atoms with van der Waals surface area (Å²) in [5.41, 5.74) is 0. The highest BCUT2D eigenvalue weighted by molar-refractivity contribution is 5.88. The van der Waals surface area contributed by atoms with Crippen LogP contribution in [0.15, 0.2) is 18.4 Å². The molecule has 0 aromatic rings. The number of carbonyl (C=O) groups is 1. The van der Waals surface area contributed by atoms with Gasteiger partial charge in [-0.25, -0.2) is 5.32 Å². The molecular weight excluding hydrogens is 90.1 g/mol. The molecule has 1 aliphatic heterocycles. The first-order valence-electron chi connectivity index (χ1n) is 1.89. The van der Waals surface area contributed by atoms with Gasteiger partial charge in [0.25, 0.3) is 5.91 Å². The molecule has 1 heterocycles. The lowest BCUT2D eigenvalue weighted by Crippen LogP contribution is -2.07. The Morgan fingerprint density at radius 1 is 1.71 bits per heavy atom. The lowest BCUT2D eigenvalue weighted by molar-refractivity contribution is -0.116. The minimum absolute atomic E-state index is 0.234. The smallest absolute Gasteiger partial charge is 0.267 e. The van der Waals surface area contributed by atoms with E-state index in [9.17, 15) is 4.79 Å². The fourth-order valence-electron chi connectivity index (χ4n) is 0.310. The van der Waals surface area contributed by atoms with Crippen LogP contribution in [0.2, 0.25) is 0 Å². The van der Waals surface area contributed by atoms with Crippen LogP contribution in [0.4, 0.5) is 0 Å². The maximum atomic E-state index is 10.1. The van der Waals surface area contributed by atoms with Crippen molar-refractivity contribution in [3.63, 3.8) is 0 Å². The number of hydrogen-bond acceptors (Lipinski definition) is 1.